The lowest BCUT2D eigenvalue weighted by Gasteiger charge is -2.21. The molecule has 0 unspecified atom stereocenters. The van der Waals surface area contributed by atoms with E-state index in [9.17, 15) is 4.79 Å². The van der Waals surface area contributed by atoms with Gasteiger partial charge in [-0.25, -0.2) is 0 Å². The Bertz CT molecular complexity index is 1240. The summed E-state index contributed by atoms with van der Waals surface area (Å²) >= 11 is 0. The van der Waals surface area contributed by atoms with Gasteiger partial charge >= 0.3 is 5.97 Å². The van der Waals surface area contributed by atoms with Crippen LogP contribution in [-0.4, -0.2) is 43.1 Å². The van der Waals surface area contributed by atoms with Crippen molar-refractivity contribution >= 4 is 11.5 Å². The molecule has 5 rings (SSSR count). The molecule has 1 saturated heterocycles. The second-order valence-corrected chi connectivity index (χ2v) is 10.5. The zero-order valence-corrected chi connectivity index (χ0v) is 22.2. The molecule has 6 nitrogen and oxygen atoms in total. The number of rotatable bonds is 7. The molecule has 3 atom stereocenters. The fourth-order valence-electron chi connectivity index (χ4n) is 5.66. The molecule has 0 saturated carbocycles. The molecule has 0 aromatic heterocycles. The Kier molecular flexibility index (Phi) is 7.89. The highest BCUT2D eigenvalue weighted by Gasteiger charge is 2.27. The number of carboxylic acids is 1. The minimum Gasteiger partial charge on any atom is -0.492 e. The van der Waals surface area contributed by atoms with Gasteiger partial charge in [0.05, 0.1) is 26.2 Å². The van der Waals surface area contributed by atoms with Crippen LogP contribution in [0.5, 0.6) is 17.2 Å². The van der Waals surface area contributed by atoms with E-state index in [1.54, 1.807) is 0 Å². The molecule has 1 aliphatic carbocycles. The highest BCUT2D eigenvalue weighted by Crippen LogP contribution is 2.39. The molecule has 0 amide bonds. The largest absolute Gasteiger partial charge is 0.492 e. The quantitative estimate of drug-likeness (QED) is 0.450. The molecular weight excluding hydrogens is 480 g/mol. The van der Waals surface area contributed by atoms with Crippen molar-refractivity contribution in [2.45, 2.75) is 64.1 Å². The topological polar surface area (TPSA) is 74.2 Å². The highest BCUT2D eigenvalue weighted by atomic mass is 16.5. The van der Waals surface area contributed by atoms with E-state index in [2.05, 4.69) is 44.7 Å². The Balaban J connectivity index is 1.25. The Morgan fingerprint density at radius 1 is 1.08 bits per heavy atom. The van der Waals surface area contributed by atoms with Crippen molar-refractivity contribution in [3.8, 4) is 17.2 Å². The first-order valence-corrected chi connectivity index (χ1v) is 13.4. The summed E-state index contributed by atoms with van der Waals surface area (Å²) in [5.74, 6) is 1.39. The first-order chi connectivity index (χ1) is 18.4. The molecular formula is C32H36O6. The van der Waals surface area contributed by atoms with Crippen LogP contribution in [0.15, 0.2) is 60.7 Å². The summed E-state index contributed by atoms with van der Waals surface area (Å²) < 4.78 is 23.7. The maximum Gasteiger partial charge on any atom is 0.304 e. The number of hydrogen-bond acceptors (Lipinski definition) is 5. The SMILES string of the molecule is C=C1/C=C\C=C(\c2c(C)cc(O[C@H]3CCOC3)cc2C)CCC[C@H]1Oc1ccc2c(c1)OC[C@H]2CC(=O)O. The summed E-state index contributed by atoms with van der Waals surface area (Å²) in [6.45, 7) is 10.4. The van der Waals surface area contributed by atoms with Gasteiger partial charge in [-0.2, -0.15) is 0 Å². The van der Waals surface area contributed by atoms with Crippen LogP contribution in [0.1, 0.15) is 60.3 Å². The summed E-state index contributed by atoms with van der Waals surface area (Å²) in [6, 6.07) is 9.99. The van der Waals surface area contributed by atoms with Gasteiger partial charge in [-0.05, 0) is 79.1 Å². The van der Waals surface area contributed by atoms with E-state index < -0.39 is 5.97 Å². The first-order valence-electron chi connectivity index (χ1n) is 13.4. The lowest BCUT2D eigenvalue weighted by molar-refractivity contribution is -0.137. The third-order valence-electron chi connectivity index (χ3n) is 7.52. The van der Waals surface area contributed by atoms with Crippen molar-refractivity contribution in [1.29, 1.82) is 0 Å². The zero-order valence-electron chi connectivity index (χ0n) is 22.2. The smallest absolute Gasteiger partial charge is 0.304 e. The second kappa shape index (κ2) is 11.5. The van der Waals surface area contributed by atoms with Gasteiger partial charge in [-0.3, -0.25) is 4.79 Å². The second-order valence-electron chi connectivity index (χ2n) is 10.5. The van der Waals surface area contributed by atoms with Gasteiger partial charge in [0, 0.05) is 24.0 Å². The van der Waals surface area contributed by atoms with E-state index in [0.29, 0.717) is 24.7 Å². The van der Waals surface area contributed by atoms with E-state index >= 15 is 0 Å². The summed E-state index contributed by atoms with van der Waals surface area (Å²) in [5.41, 5.74) is 6.86. The number of fused-ring (bicyclic) bond motifs is 1. The highest BCUT2D eigenvalue weighted by molar-refractivity contribution is 5.73. The standard InChI is InChI=1S/C32H36O6/c1-20-6-4-7-23(32-21(2)14-27(15-22(32)3)37-26-12-13-35-19-26)8-5-9-29(20)38-25-10-11-28-24(16-31(33)34)18-36-30(28)17-25/h4,6-7,10-11,14-15,17,24,26,29H,1,5,8-9,12-13,16,18-19H2,2-3H3,(H,33,34)/b6-4-,23-7+/t24-,26+,29-/m1/s1. The first kappa shape index (κ1) is 26.1. The molecule has 200 valence electrons. The van der Waals surface area contributed by atoms with Gasteiger partial charge < -0.3 is 24.1 Å². The molecule has 3 aliphatic rings. The predicted octanol–water partition coefficient (Wildman–Crippen LogP) is 6.55. The average molecular weight is 517 g/mol. The number of aryl methyl sites for hydroxylation is 2. The van der Waals surface area contributed by atoms with E-state index in [4.69, 9.17) is 24.1 Å². The minimum absolute atomic E-state index is 0.0664. The van der Waals surface area contributed by atoms with Gasteiger partial charge in [0.25, 0.3) is 0 Å². The number of allylic oxidation sites excluding steroid dienone is 3. The van der Waals surface area contributed by atoms with Crippen LogP contribution >= 0.6 is 0 Å². The molecule has 2 aromatic rings. The Labute approximate surface area is 224 Å². The zero-order chi connectivity index (χ0) is 26.6. The Hall–Kier alpha value is -3.51. The third-order valence-corrected chi connectivity index (χ3v) is 7.52. The molecule has 6 heteroatoms. The van der Waals surface area contributed by atoms with Gasteiger partial charge in [0.15, 0.2) is 0 Å². The lowest BCUT2D eigenvalue weighted by Crippen LogP contribution is -2.18. The molecule has 0 spiro atoms. The fourth-order valence-corrected chi connectivity index (χ4v) is 5.66. The van der Waals surface area contributed by atoms with Gasteiger partial charge in [0.1, 0.15) is 29.5 Å². The van der Waals surface area contributed by atoms with Gasteiger partial charge in [-0.15, -0.1) is 0 Å². The van der Waals surface area contributed by atoms with Crippen molar-refractivity contribution < 1.29 is 28.8 Å². The van der Waals surface area contributed by atoms with E-state index in [0.717, 1.165) is 49.2 Å². The van der Waals surface area contributed by atoms with Crippen molar-refractivity contribution in [3.05, 3.63) is 83.0 Å². The van der Waals surface area contributed by atoms with Crippen molar-refractivity contribution in [2.75, 3.05) is 19.8 Å². The summed E-state index contributed by atoms with van der Waals surface area (Å²) in [6.07, 6.45) is 10.0. The number of aliphatic carboxylic acids is 1. The van der Waals surface area contributed by atoms with E-state index in [-0.39, 0.29) is 24.5 Å². The van der Waals surface area contributed by atoms with Crippen LogP contribution in [0.4, 0.5) is 0 Å². The summed E-state index contributed by atoms with van der Waals surface area (Å²) in [4.78, 5) is 11.1. The monoisotopic (exact) mass is 516 g/mol. The minimum atomic E-state index is -0.817. The molecule has 38 heavy (non-hydrogen) atoms. The van der Waals surface area contributed by atoms with E-state index in [1.807, 2.05) is 24.3 Å². The third kappa shape index (κ3) is 5.97. The maximum atomic E-state index is 11.1. The molecule has 2 heterocycles. The Morgan fingerprint density at radius 2 is 1.89 bits per heavy atom. The number of carboxylic acid groups (broad SMARTS) is 1. The number of carbonyl (C=O) groups is 1. The van der Waals surface area contributed by atoms with Gasteiger partial charge in [-0.1, -0.05) is 30.9 Å². The average Bonchev–Trinajstić information content (AvgIpc) is 3.52. The molecule has 2 aliphatic heterocycles. The lowest BCUT2D eigenvalue weighted by atomic mass is 9.91. The van der Waals surface area contributed by atoms with Crippen molar-refractivity contribution in [3.63, 3.8) is 0 Å². The van der Waals surface area contributed by atoms with E-state index in [1.165, 1.54) is 22.3 Å². The molecule has 1 fully saturated rings. The van der Waals surface area contributed by atoms with Crippen LogP contribution in [0.25, 0.3) is 5.57 Å². The summed E-state index contributed by atoms with van der Waals surface area (Å²) in [7, 11) is 0. The maximum absolute atomic E-state index is 11.1. The predicted molar refractivity (Wildman–Crippen MR) is 147 cm³/mol. The molecule has 0 radical (unpaired) electrons. The number of ether oxygens (including phenoxy) is 4. The summed E-state index contributed by atoms with van der Waals surface area (Å²) in [5, 5.41) is 9.15. The Morgan fingerprint density at radius 3 is 2.63 bits per heavy atom. The number of benzene rings is 2. The number of hydrogen-bond donors (Lipinski definition) is 1. The molecule has 0 bridgehead atoms. The van der Waals surface area contributed by atoms with Crippen LogP contribution in [-0.2, 0) is 9.53 Å². The normalized spacial score (nSPS) is 25.3. The van der Waals surface area contributed by atoms with Gasteiger partial charge in [0.2, 0.25) is 0 Å². The van der Waals surface area contributed by atoms with Crippen LogP contribution < -0.4 is 14.2 Å². The van der Waals surface area contributed by atoms with Crippen LogP contribution in [0.2, 0.25) is 0 Å². The fraction of sp³-hybridized carbons (Fsp3) is 0.406. The van der Waals surface area contributed by atoms with Crippen molar-refractivity contribution in [2.24, 2.45) is 0 Å². The molecule has 2 aromatic carbocycles. The van der Waals surface area contributed by atoms with Crippen LogP contribution in [0, 0.1) is 13.8 Å². The van der Waals surface area contributed by atoms with Crippen molar-refractivity contribution in [1.82, 2.24) is 0 Å². The van der Waals surface area contributed by atoms with Crippen LogP contribution in [0.3, 0.4) is 0 Å². The molecule has 1 N–H and O–H groups in total.